The Morgan fingerprint density at radius 3 is 2.41 bits per heavy atom. The molecule has 0 fully saturated rings. The number of rotatable bonds is 8. The predicted octanol–water partition coefficient (Wildman–Crippen LogP) is 5.78. The third kappa shape index (κ3) is 5.42. The molecule has 22 heavy (non-hydrogen) atoms. The van der Waals surface area contributed by atoms with Crippen molar-refractivity contribution in [3.63, 3.8) is 0 Å². The smallest absolute Gasteiger partial charge is 0.405 e. The maximum atomic E-state index is 12.3. The van der Waals surface area contributed by atoms with E-state index in [2.05, 4.69) is 27.4 Å². The summed E-state index contributed by atoms with van der Waals surface area (Å²) in [6.07, 6.45) is 7.26. The van der Waals surface area contributed by atoms with Crippen molar-refractivity contribution >= 4 is 7.82 Å². The topological polar surface area (TPSA) is 44.8 Å². The highest BCUT2D eigenvalue weighted by molar-refractivity contribution is 7.48. The summed E-state index contributed by atoms with van der Waals surface area (Å²) in [6.45, 7) is 14.4. The van der Waals surface area contributed by atoms with Gasteiger partial charge in [-0.25, -0.2) is 4.57 Å². The van der Waals surface area contributed by atoms with E-state index >= 15 is 0 Å². The molecule has 0 aromatic carbocycles. The van der Waals surface area contributed by atoms with E-state index in [-0.39, 0.29) is 24.4 Å². The largest absolute Gasteiger partial charge is 0.530 e. The molecule has 0 unspecified atom stereocenters. The molecular weight excluding hydrogens is 299 g/mol. The second-order valence-corrected chi connectivity index (χ2v) is 7.70. The summed E-state index contributed by atoms with van der Waals surface area (Å²) in [7, 11) is -3.56. The molecule has 5 heteroatoms. The predicted molar refractivity (Wildman–Crippen MR) is 90.6 cm³/mol. The quantitative estimate of drug-likeness (QED) is 0.322. The van der Waals surface area contributed by atoms with E-state index in [0.29, 0.717) is 0 Å². The Labute approximate surface area is 134 Å². The van der Waals surface area contributed by atoms with Crippen LogP contribution in [-0.4, -0.2) is 13.2 Å². The molecule has 126 valence electrons. The molecule has 0 radical (unpaired) electrons. The molecule has 0 spiro atoms. The molecule has 0 heterocycles. The molecule has 0 amide bonds. The van der Waals surface area contributed by atoms with Crippen LogP contribution in [0.5, 0.6) is 0 Å². The Balaban J connectivity index is 2.81. The van der Waals surface area contributed by atoms with Gasteiger partial charge in [-0.05, 0) is 57.1 Å². The average Bonchev–Trinajstić information content (AvgIpc) is 2.37. The summed E-state index contributed by atoms with van der Waals surface area (Å²) in [5.41, 5.74) is 2.83. The van der Waals surface area contributed by atoms with Gasteiger partial charge < -0.3 is 4.52 Å². The van der Waals surface area contributed by atoms with Gasteiger partial charge in [0, 0.05) is 0 Å². The van der Waals surface area contributed by atoms with E-state index < -0.39 is 7.82 Å². The molecule has 0 bridgehead atoms. The molecule has 0 aliphatic heterocycles. The van der Waals surface area contributed by atoms with E-state index in [0.717, 1.165) is 12.8 Å². The highest BCUT2D eigenvalue weighted by Crippen LogP contribution is 2.51. The normalized spacial score (nSPS) is 18.8. The van der Waals surface area contributed by atoms with Crippen LogP contribution in [0, 0.1) is 5.41 Å². The van der Waals surface area contributed by atoms with Gasteiger partial charge in [0.25, 0.3) is 0 Å². The molecule has 0 aromatic rings. The molecule has 0 N–H and O–H groups in total. The number of allylic oxidation sites excluding steroid dienone is 4. The van der Waals surface area contributed by atoms with Crippen LogP contribution in [0.2, 0.25) is 0 Å². The first-order valence-electron chi connectivity index (χ1n) is 7.90. The second kappa shape index (κ2) is 8.14. The van der Waals surface area contributed by atoms with E-state index in [4.69, 9.17) is 13.6 Å². The molecule has 1 aliphatic rings. The van der Waals surface area contributed by atoms with Crippen LogP contribution in [0.3, 0.4) is 0 Å². The molecule has 4 nitrogen and oxygen atoms in total. The first-order valence-corrected chi connectivity index (χ1v) is 9.36. The van der Waals surface area contributed by atoms with Crippen molar-refractivity contribution in [1.29, 1.82) is 0 Å². The minimum Gasteiger partial charge on any atom is -0.405 e. The first-order chi connectivity index (χ1) is 10.2. The number of hydrogen-bond acceptors (Lipinski definition) is 4. The lowest BCUT2D eigenvalue weighted by molar-refractivity contribution is 0.148. The van der Waals surface area contributed by atoms with Crippen molar-refractivity contribution < 1.29 is 18.1 Å². The monoisotopic (exact) mass is 328 g/mol. The van der Waals surface area contributed by atoms with Crippen LogP contribution in [-0.2, 0) is 18.1 Å². The summed E-state index contributed by atoms with van der Waals surface area (Å²) >= 11 is 0. The molecule has 0 aromatic heterocycles. The summed E-state index contributed by atoms with van der Waals surface area (Å²) < 4.78 is 27.8. The van der Waals surface area contributed by atoms with Gasteiger partial charge in [-0.1, -0.05) is 32.1 Å². The van der Waals surface area contributed by atoms with Crippen molar-refractivity contribution in [3.05, 3.63) is 35.6 Å². The van der Waals surface area contributed by atoms with Gasteiger partial charge in [-0.3, -0.25) is 9.05 Å². The Hall–Kier alpha value is -0.830. The standard InChI is InChI=1S/C17H29O4P/c1-7-19-22(18,20-8-2)21-15(4)11-12-16-14(3)10-9-13-17(16,5)6/h11-12H,4,7-10,13H2,1-3,5-6H3/b12-11+. The molecule has 0 atom stereocenters. The molecule has 1 rings (SSSR count). The van der Waals surface area contributed by atoms with Crippen LogP contribution in [0.4, 0.5) is 0 Å². The molecule has 0 saturated carbocycles. The lowest BCUT2D eigenvalue weighted by Gasteiger charge is -2.33. The zero-order valence-electron chi connectivity index (χ0n) is 14.5. The van der Waals surface area contributed by atoms with Crippen molar-refractivity contribution in [2.45, 2.75) is 53.9 Å². The van der Waals surface area contributed by atoms with Gasteiger partial charge in [-0.2, -0.15) is 0 Å². The fraction of sp³-hybridized carbons (Fsp3) is 0.647. The summed E-state index contributed by atoms with van der Waals surface area (Å²) in [4.78, 5) is 0. The van der Waals surface area contributed by atoms with Crippen molar-refractivity contribution in [2.24, 2.45) is 5.41 Å². The summed E-state index contributed by atoms with van der Waals surface area (Å²) in [5, 5.41) is 0. The molecule has 0 saturated heterocycles. The van der Waals surface area contributed by atoms with Gasteiger partial charge in [-0.15, -0.1) is 0 Å². The lowest BCUT2D eigenvalue weighted by Crippen LogP contribution is -2.19. The Morgan fingerprint density at radius 1 is 1.32 bits per heavy atom. The van der Waals surface area contributed by atoms with E-state index in [9.17, 15) is 4.57 Å². The van der Waals surface area contributed by atoms with Crippen LogP contribution in [0.25, 0.3) is 0 Å². The highest BCUT2D eigenvalue weighted by Gasteiger charge is 2.28. The number of phosphoric ester groups is 1. The maximum absolute atomic E-state index is 12.3. The van der Waals surface area contributed by atoms with Crippen LogP contribution in [0.15, 0.2) is 35.6 Å². The average molecular weight is 328 g/mol. The third-order valence-corrected chi connectivity index (χ3v) is 5.39. The van der Waals surface area contributed by atoms with Crippen molar-refractivity contribution in [2.75, 3.05) is 13.2 Å². The van der Waals surface area contributed by atoms with Crippen LogP contribution in [0.1, 0.15) is 53.9 Å². The summed E-state index contributed by atoms with van der Waals surface area (Å²) in [6, 6.07) is 0. The highest BCUT2D eigenvalue weighted by atomic mass is 31.2. The van der Waals surface area contributed by atoms with Gasteiger partial charge >= 0.3 is 7.82 Å². The van der Waals surface area contributed by atoms with Gasteiger partial charge in [0.05, 0.1) is 13.2 Å². The molecule has 1 aliphatic carbocycles. The Bertz CT molecular complexity index is 493. The molecular formula is C17H29O4P. The second-order valence-electron chi connectivity index (χ2n) is 6.11. The maximum Gasteiger partial charge on any atom is 0.530 e. The fourth-order valence-electron chi connectivity index (χ4n) is 2.77. The van der Waals surface area contributed by atoms with E-state index in [1.165, 1.54) is 17.6 Å². The van der Waals surface area contributed by atoms with Crippen LogP contribution < -0.4 is 0 Å². The van der Waals surface area contributed by atoms with Gasteiger partial charge in [0.15, 0.2) is 0 Å². The zero-order valence-corrected chi connectivity index (χ0v) is 15.4. The summed E-state index contributed by atoms with van der Waals surface area (Å²) in [5.74, 6) is 0.284. The minimum atomic E-state index is -3.56. The first kappa shape index (κ1) is 19.2. The Morgan fingerprint density at radius 2 is 1.91 bits per heavy atom. The third-order valence-electron chi connectivity index (χ3n) is 3.78. The van der Waals surface area contributed by atoms with Crippen molar-refractivity contribution in [1.82, 2.24) is 0 Å². The van der Waals surface area contributed by atoms with Gasteiger partial charge in [0.2, 0.25) is 0 Å². The van der Waals surface area contributed by atoms with E-state index in [1.54, 1.807) is 19.9 Å². The van der Waals surface area contributed by atoms with Crippen molar-refractivity contribution in [3.8, 4) is 0 Å². The van der Waals surface area contributed by atoms with E-state index in [1.807, 2.05) is 6.08 Å². The van der Waals surface area contributed by atoms with Gasteiger partial charge in [0.1, 0.15) is 5.76 Å². The zero-order chi connectivity index (χ0) is 16.8. The lowest BCUT2D eigenvalue weighted by atomic mass is 9.72. The SMILES string of the molecule is C=C(/C=C/C1=C(C)CCCC1(C)C)OP(=O)(OCC)OCC. The fourth-order valence-corrected chi connectivity index (χ4v) is 3.93. The Kier molecular flexibility index (Phi) is 7.11. The number of phosphoric acid groups is 1. The van der Waals surface area contributed by atoms with Crippen LogP contribution >= 0.6 is 7.82 Å². The number of hydrogen-bond donors (Lipinski definition) is 0. The minimum absolute atomic E-state index is 0.142.